The summed E-state index contributed by atoms with van der Waals surface area (Å²) in [5, 5.41) is 16.1. The summed E-state index contributed by atoms with van der Waals surface area (Å²) in [7, 11) is 1.73. The lowest BCUT2D eigenvalue weighted by Gasteiger charge is -2.36. The molecular weight excluding hydrogens is 394 g/mol. The molecule has 0 amide bonds. The van der Waals surface area contributed by atoms with E-state index in [9.17, 15) is 0 Å². The number of hydrogen-bond donors (Lipinski definition) is 1. The Balaban J connectivity index is 1.18. The molecule has 1 fully saturated rings. The molecule has 31 heavy (non-hydrogen) atoms. The Kier molecular flexibility index (Phi) is 6.89. The maximum atomic E-state index is 8.76. The Bertz CT molecular complexity index is 1010. The van der Waals surface area contributed by atoms with Crippen molar-refractivity contribution in [3.05, 3.63) is 54.4 Å². The van der Waals surface area contributed by atoms with Crippen LogP contribution in [0.15, 0.2) is 53.9 Å². The fourth-order valence-corrected chi connectivity index (χ4v) is 3.96. The molecule has 1 N–H and O–H groups in total. The summed E-state index contributed by atoms with van der Waals surface area (Å²) in [5.74, 6) is 1.74. The molecule has 8 heteroatoms. The molecule has 1 saturated heterocycles. The van der Waals surface area contributed by atoms with Crippen molar-refractivity contribution in [2.45, 2.75) is 12.8 Å². The van der Waals surface area contributed by atoms with Crippen LogP contribution in [0.3, 0.4) is 0 Å². The van der Waals surface area contributed by atoms with Crippen LogP contribution >= 0.6 is 0 Å². The standard InChI is InChI=1S/C23H29N5O3/c1-30-23-7-3-2-6-21(23)27-13-11-26(12-14-27)9-4-5-15-31-20-8-10-28-22(16-20)19(17-24-28)18-25-29/h2-3,6-8,10,16-18,29H,4-5,9,11-15H2,1H3. The highest BCUT2D eigenvalue weighted by molar-refractivity contribution is 5.88. The van der Waals surface area contributed by atoms with E-state index in [1.807, 2.05) is 30.5 Å². The SMILES string of the molecule is COc1ccccc1N1CCN(CCCCOc2ccn3ncc(C=NO)c3c2)CC1. The van der Waals surface area contributed by atoms with Crippen molar-refractivity contribution in [1.82, 2.24) is 14.5 Å². The Labute approximate surface area is 182 Å². The number of pyridine rings is 1. The predicted molar refractivity (Wildman–Crippen MR) is 121 cm³/mol. The lowest BCUT2D eigenvalue weighted by molar-refractivity contribution is 0.238. The molecule has 0 aliphatic carbocycles. The Hall–Kier alpha value is -3.26. The Morgan fingerprint density at radius 1 is 1.13 bits per heavy atom. The lowest BCUT2D eigenvalue weighted by Crippen LogP contribution is -2.46. The molecule has 0 atom stereocenters. The number of benzene rings is 1. The molecule has 1 aliphatic heterocycles. The molecule has 0 bridgehead atoms. The number of fused-ring (bicyclic) bond motifs is 1. The van der Waals surface area contributed by atoms with E-state index in [2.05, 4.69) is 32.2 Å². The fraction of sp³-hybridized carbons (Fsp3) is 0.391. The average Bonchev–Trinajstić information content (AvgIpc) is 3.21. The van der Waals surface area contributed by atoms with Gasteiger partial charge in [0.15, 0.2) is 0 Å². The topological polar surface area (TPSA) is 74.8 Å². The van der Waals surface area contributed by atoms with Crippen LogP contribution < -0.4 is 14.4 Å². The first-order valence-electron chi connectivity index (χ1n) is 10.7. The number of piperazine rings is 1. The molecule has 164 valence electrons. The van der Waals surface area contributed by atoms with Gasteiger partial charge in [-0.15, -0.1) is 0 Å². The molecule has 1 aromatic carbocycles. The van der Waals surface area contributed by atoms with Crippen LogP contribution in [-0.4, -0.2) is 72.4 Å². The average molecular weight is 424 g/mol. The molecule has 0 saturated carbocycles. The predicted octanol–water partition coefficient (Wildman–Crippen LogP) is 3.13. The van der Waals surface area contributed by atoms with E-state index in [0.29, 0.717) is 6.61 Å². The highest BCUT2D eigenvalue weighted by Gasteiger charge is 2.19. The number of unbranched alkanes of at least 4 members (excludes halogenated alkanes) is 1. The Morgan fingerprint density at radius 2 is 1.97 bits per heavy atom. The number of nitrogens with zero attached hydrogens (tertiary/aromatic N) is 5. The second-order valence-electron chi connectivity index (χ2n) is 7.59. The number of aromatic nitrogens is 2. The largest absolute Gasteiger partial charge is 0.495 e. The molecule has 1 aliphatic rings. The van der Waals surface area contributed by atoms with Crippen LogP contribution in [0.25, 0.3) is 5.52 Å². The minimum absolute atomic E-state index is 0.676. The van der Waals surface area contributed by atoms with Gasteiger partial charge in [-0.3, -0.25) is 4.90 Å². The number of hydrogen-bond acceptors (Lipinski definition) is 7. The monoisotopic (exact) mass is 423 g/mol. The van der Waals surface area contributed by atoms with Gasteiger partial charge >= 0.3 is 0 Å². The van der Waals surface area contributed by atoms with E-state index in [1.54, 1.807) is 17.8 Å². The third-order valence-electron chi connectivity index (χ3n) is 5.66. The number of ether oxygens (including phenoxy) is 2. The van der Waals surface area contributed by atoms with E-state index < -0.39 is 0 Å². The second kappa shape index (κ2) is 10.2. The molecule has 4 rings (SSSR count). The van der Waals surface area contributed by atoms with Gasteiger partial charge in [0.05, 0.1) is 37.3 Å². The highest BCUT2D eigenvalue weighted by atomic mass is 16.5. The van der Waals surface area contributed by atoms with Gasteiger partial charge in [-0.1, -0.05) is 17.3 Å². The van der Waals surface area contributed by atoms with E-state index in [4.69, 9.17) is 14.7 Å². The second-order valence-corrected chi connectivity index (χ2v) is 7.59. The van der Waals surface area contributed by atoms with Crippen molar-refractivity contribution >= 4 is 17.4 Å². The van der Waals surface area contributed by atoms with Crippen LogP contribution in [0.1, 0.15) is 18.4 Å². The minimum Gasteiger partial charge on any atom is -0.495 e. The van der Waals surface area contributed by atoms with Crippen molar-refractivity contribution < 1.29 is 14.7 Å². The number of oxime groups is 1. The third kappa shape index (κ3) is 5.08. The quantitative estimate of drug-likeness (QED) is 0.247. The van der Waals surface area contributed by atoms with E-state index in [0.717, 1.165) is 68.1 Å². The Morgan fingerprint density at radius 3 is 2.77 bits per heavy atom. The smallest absolute Gasteiger partial charge is 0.142 e. The van der Waals surface area contributed by atoms with Gasteiger partial charge in [-0.2, -0.15) is 5.10 Å². The maximum Gasteiger partial charge on any atom is 0.142 e. The third-order valence-corrected chi connectivity index (χ3v) is 5.66. The normalized spacial score (nSPS) is 15.1. The van der Waals surface area contributed by atoms with Gasteiger partial charge < -0.3 is 19.6 Å². The van der Waals surface area contributed by atoms with Crippen LogP contribution in [0.4, 0.5) is 5.69 Å². The molecule has 2 aromatic heterocycles. The van der Waals surface area contributed by atoms with Gasteiger partial charge in [0.2, 0.25) is 0 Å². The zero-order chi connectivity index (χ0) is 21.5. The van der Waals surface area contributed by atoms with Gasteiger partial charge in [-0.05, 0) is 37.6 Å². The summed E-state index contributed by atoms with van der Waals surface area (Å²) in [6.45, 7) is 5.91. The molecular formula is C23H29N5O3. The van der Waals surface area contributed by atoms with Crippen molar-refractivity contribution in [3.8, 4) is 11.5 Å². The first-order chi connectivity index (χ1) is 15.3. The minimum atomic E-state index is 0.676. The zero-order valence-corrected chi connectivity index (χ0v) is 17.9. The summed E-state index contributed by atoms with van der Waals surface area (Å²) >= 11 is 0. The lowest BCUT2D eigenvalue weighted by atomic mass is 10.2. The van der Waals surface area contributed by atoms with Crippen LogP contribution in [-0.2, 0) is 0 Å². The molecule has 8 nitrogen and oxygen atoms in total. The van der Waals surface area contributed by atoms with E-state index >= 15 is 0 Å². The van der Waals surface area contributed by atoms with E-state index in [1.165, 1.54) is 11.9 Å². The van der Waals surface area contributed by atoms with E-state index in [-0.39, 0.29) is 0 Å². The summed E-state index contributed by atoms with van der Waals surface area (Å²) in [6, 6.07) is 12.0. The van der Waals surface area contributed by atoms with Gasteiger partial charge in [0, 0.05) is 44.0 Å². The maximum absolute atomic E-state index is 8.76. The molecule has 3 aromatic rings. The molecule has 0 spiro atoms. The number of anilines is 1. The van der Waals surface area contributed by atoms with Crippen LogP contribution in [0.5, 0.6) is 11.5 Å². The summed E-state index contributed by atoms with van der Waals surface area (Å²) in [5.41, 5.74) is 2.78. The highest BCUT2D eigenvalue weighted by Crippen LogP contribution is 2.28. The summed E-state index contributed by atoms with van der Waals surface area (Å²) in [6.07, 6.45) is 6.99. The van der Waals surface area contributed by atoms with Gasteiger partial charge in [0.25, 0.3) is 0 Å². The summed E-state index contributed by atoms with van der Waals surface area (Å²) in [4.78, 5) is 4.92. The van der Waals surface area contributed by atoms with Crippen molar-refractivity contribution in [2.75, 3.05) is 51.3 Å². The molecule has 3 heterocycles. The van der Waals surface area contributed by atoms with Crippen molar-refractivity contribution in [1.29, 1.82) is 0 Å². The van der Waals surface area contributed by atoms with Gasteiger partial charge in [-0.25, -0.2) is 4.52 Å². The fourth-order valence-electron chi connectivity index (χ4n) is 3.96. The molecule has 0 radical (unpaired) electrons. The number of para-hydroxylation sites is 2. The number of rotatable bonds is 9. The van der Waals surface area contributed by atoms with Gasteiger partial charge in [0.1, 0.15) is 11.5 Å². The number of methoxy groups -OCH3 is 1. The van der Waals surface area contributed by atoms with Crippen molar-refractivity contribution in [3.63, 3.8) is 0 Å². The zero-order valence-electron chi connectivity index (χ0n) is 17.9. The van der Waals surface area contributed by atoms with Crippen molar-refractivity contribution in [2.24, 2.45) is 5.16 Å². The molecule has 0 unspecified atom stereocenters. The summed E-state index contributed by atoms with van der Waals surface area (Å²) < 4.78 is 13.1. The van der Waals surface area contributed by atoms with Crippen LogP contribution in [0.2, 0.25) is 0 Å². The first-order valence-corrected chi connectivity index (χ1v) is 10.7. The first kappa shape index (κ1) is 21.0. The van der Waals surface area contributed by atoms with Crippen LogP contribution in [0, 0.1) is 0 Å².